The van der Waals surface area contributed by atoms with E-state index >= 15 is 0 Å². The van der Waals surface area contributed by atoms with Gasteiger partial charge in [-0.05, 0) is 37.9 Å². The van der Waals surface area contributed by atoms with Gasteiger partial charge in [-0.3, -0.25) is 0 Å². The van der Waals surface area contributed by atoms with Crippen molar-refractivity contribution < 1.29 is 13.2 Å². The van der Waals surface area contributed by atoms with Gasteiger partial charge in [-0.1, -0.05) is 0 Å². The molecule has 1 aromatic rings. The van der Waals surface area contributed by atoms with Gasteiger partial charge in [-0.2, -0.15) is 0 Å². The Morgan fingerprint density at radius 2 is 1.75 bits per heavy atom. The lowest BCUT2D eigenvalue weighted by atomic mass is 10.2. The van der Waals surface area contributed by atoms with Crippen molar-refractivity contribution in [3.63, 3.8) is 0 Å². The van der Waals surface area contributed by atoms with E-state index in [2.05, 4.69) is 31.9 Å². The monoisotopic (exact) mass is 302 g/mol. The minimum Gasteiger partial charge on any atom is -0.246 e. The molecule has 0 aliphatic heterocycles. The Morgan fingerprint density at radius 3 is 2.25 bits per heavy atom. The fraction of sp³-hybridized carbons (Fsp3) is 0.143. The lowest BCUT2D eigenvalue weighted by Crippen LogP contribution is -1.92. The van der Waals surface area contributed by atoms with Crippen LogP contribution in [0.15, 0.2) is 15.0 Å². The number of halogens is 5. The predicted molar refractivity (Wildman–Crippen MR) is 46.6 cm³/mol. The second-order valence-corrected chi connectivity index (χ2v) is 3.68. The molecule has 0 spiro atoms. The number of hydrogen-bond acceptors (Lipinski definition) is 0. The third-order valence-corrected chi connectivity index (χ3v) is 3.37. The number of hydrogen-bond donors (Lipinski definition) is 0. The highest BCUT2D eigenvalue weighted by Gasteiger charge is 2.14. The zero-order chi connectivity index (χ0) is 9.30. The Morgan fingerprint density at radius 1 is 1.17 bits per heavy atom. The van der Waals surface area contributed by atoms with Gasteiger partial charge in [0.25, 0.3) is 0 Å². The van der Waals surface area contributed by atoms with E-state index < -0.39 is 18.3 Å². The molecule has 5 heteroatoms. The molecule has 0 amide bonds. The molecule has 66 valence electrons. The van der Waals surface area contributed by atoms with E-state index in [0.29, 0.717) is 0 Å². The summed E-state index contributed by atoms with van der Waals surface area (Å²) in [6.45, 7) is -1.02. The molecule has 0 atom stereocenters. The molecule has 1 aromatic carbocycles. The average Bonchev–Trinajstić information content (AvgIpc) is 2.08. The molecule has 0 bridgehead atoms. The molecule has 0 heterocycles. The van der Waals surface area contributed by atoms with Gasteiger partial charge in [-0.15, -0.1) is 0 Å². The first-order valence-corrected chi connectivity index (χ1v) is 4.54. The van der Waals surface area contributed by atoms with Crippen LogP contribution in [0.4, 0.5) is 13.2 Å². The standard InChI is InChI=1S/C7H3Br2F3/c8-5-4(11)1-3(2-10)7(12)6(5)9/h1H,2H2. The van der Waals surface area contributed by atoms with E-state index in [0.717, 1.165) is 6.07 Å². The minimum absolute atomic E-state index is 0.0304. The van der Waals surface area contributed by atoms with Gasteiger partial charge < -0.3 is 0 Å². The highest BCUT2D eigenvalue weighted by atomic mass is 79.9. The molecule has 0 saturated carbocycles. The second-order valence-electron chi connectivity index (χ2n) is 2.09. The van der Waals surface area contributed by atoms with Gasteiger partial charge in [0.2, 0.25) is 0 Å². The van der Waals surface area contributed by atoms with Crippen LogP contribution in [-0.2, 0) is 6.67 Å². The average molecular weight is 304 g/mol. The van der Waals surface area contributed by atoms with Crippen LogP contribution < -0.4 is 0 Å². The van der Waals surface area contributed by atoms with E-state index in [4.69, 9.17) is 0 Å². The van der Waals surface area contributed by atoms with Gasteiger partial charge in [-0.25, -0.2) is 13.2 Å². The van der Waals surface area contributed by atoms with Crippen LogP contribution in [0.1, 0.15) is 5.56 Å². The molecule has 0 fully saturated rings. The summed E-state index contributed by atoms with van der Waals surface area (Å²) in [6, 6.07) is 0.824. The van der Waals surface area contributed by atoms with Crippen LogP contribution in [0.2, 0.25) is 0 Å². The normalized spacial score (nSPS) is 10.4. The van der Waals surface area contributed by atoms with Gasteiger partial charge >= 0.3 is 0 Å². The zero-order valence-electron chi connectivity index (χ0n) is 5.67. The topological polar surface area (TPSA) is 0 Å². The Balaban J connectivity index is 3.39. The SMILES string of the molecule is FCc1cc(F)c(Br)c(Br)c1F. The van der Waals surface area contributed by atoms with Crippen molar-refractivity contribution in [1.29, 1.82) is 0 Å². The van der Waals surface area contributed by atoms with Crippen molar-refractivity contribution in [1.82, 2.24) is 0 Å². The summed E-state index contributed by atoms with van der Waals surface area (Å²) in [5.74, 6) is -1.46. The van der Waals surface area contributed by atoms with E-state index in [1.54, 1.807) is 0 Å². The molecule has 12 heavy (non-hydrogen) atoms. The molecule has 0 radical (unpaired) electrons. The summed E-state index contributed by atoms with van der Waals surface area (Å²) in [4.78, 5) is 0. The summed E-state index contributed by atoms with van der Waals surface area (Å²) in [5, 5.41) is 0. The molecule has 0 saturated heterocycles. The van der Waals surface area contributed by atoms with Gasteiger partial charge in [0.15, 0.2) is 0 Å². The van der Waals surface area contributed by atoms with Crippen LogP contribution in [0.25, 0.3) is 0 Å². The smallest absolute Gasteiger partial charge is 0.144 e. The maximum absolute atomic E-state index is 13.0. The quantitative estimate of drug-likeness (QED) is 0.544. The Labute approximate surface area is 84.0 Å². The molecule has 0 nitrogen and oxygen atoms in total. The van der Waals surface area contributed by atoms with Crippen LogP contribution in [0, 0.1) is 11.6 Å². The van der Waals surface area contributed by atoms with Crippen molar-refractivity contribution in [2.45, 2.75) is 6.67 Å². The largest absolute Gasteiger partial charge is 0.246 e. The number of benzene rings is 1. The summed E-state index contributed by atoms with van der Waals surface area (Å²) in [7, 11) is 0. The lowest BCUT2D eigenvalue weighted by Gasteiger charge is -2.03. The molecular weight excluding hydrogens is 301 g/mol. The minimum atomic E-state index is -1.02. The number of alkyl halides is 1. The molecule has 0 aliphatic carbocycles. The fourth-order valence-corrected chi connectivity index (χ4v) is 1.45. The highest BCUT2D eigenvalue weighted by Crippen LogP contribution is 2.31. The van der Waals surface area contributed by atoms with Crippen LogP contribution in [0.5, 0.6) is 0 Å². The molecule has 0 unspecified atom stereocenters. The Kier molecular flexibility index (Phi) is 3.17. The summed E-state index contributed by atoms with van der Waals surface area (Å²) in [5.41, 5.74) is -0.289. The van der Waals surface area contributed by atoms with Crippen molar-refractivity contribution in [3.8, 4) is 0 Å². The maximum Gasteiger partial charge on any atom is 0.144 e. The first-order valence-electron chi connectivity index (χ1n) is 2.95. The van der Waals surface area contributed by atoms with Crippen LogP contribution in [-0.4, -0.2) is 0 Å². The molecule has 0 aliphatic rings. The molecular formula is C7H3Br2F3. The van der Waals surface area contributed by atoms with E-state index in [-0.39, 0.29) is 14.5 Å². The number of rotatable bonds is 1. The maximum atomic E-state index is 13.0. The first-order chi connectivity index (χ1) is 5.57. The van der Waals surface area contributed by atoms with Gasteiger partial charge in [0.1, 0.15) is 18.3 Å². The van der Waals surface area contributed by atoms with E-state index in [1.165, 1.54) is 0 Å². The Hall–Kier alpha value is -0.0300. The van der Waals surface area contributed by atoms with E-state index in [1.807, 2.05) is 0 Å². The second kappa shape index (κ2) is 3.79. The van der Waals surface area contributed by atoms with Gasteiger partial charge in [0.05, 0.1) is 8.95 Å². The first kappa shape index (κ1) is 10.1. The van der Waals surface area contributed by atoms with Crippen LogP contribution in [0.3, 0.4) is 0 Å². The van der Waals surface area contributed by atoms with Crippen molar-refractivity contribution in [2.24, 2.45) is 0 Å². The fourth-order valence-electron chi connectivity index (χ4n) is 0.719. The molecule has 0 N–H and O–H groups in total. The van der Waals surface area contributed by atoms with Crippen molar-refractivity contribution >= 4 is 31.9 Å². The molecule has 1 rings (SSSR count). The summed E-state index contributed by atoms with van der Waals surface area (Å²) in [6.07, 6.45) is 0. The van der Waals surface area contributed by atoms with Crippen LogP contribution >= 0.6 is 31.9 Å². The summed E-state index contributed by atoms with van der Waals surface area (Å²) >= 11 is 5.60. The predicted octanol–water partition coefficient (Wildman–Crippen LogP) is 3.96. The van der Waals surface area contributed by atoms with Gasteiger partial charge in [0, 0.05) is 5.56 Å². The lowest BCUT2D eigenvalue weighted by molar-refractivity contribution is 0.457. The van der Waals surface area contributed by atoms with E-state index in [9.17, 15) is 13.2 Å². The summed E-state index contributed by atoms with van der Waals surface area (Å²) < 4.78 is 37.7. The highest BCUT2D eigenvalue weighted by molar-refractivity contribution is 9.13. The third kappa shape index (κ3) is 1.66. The van der Waals surface area contributed by atoms with Crippen molar-refractivity contribution in [3.05, 3.63) is 32.2 Å². The van der Waals surface area contributed by atoms with Crippen molar-refractivity contribution in [2.75, 3.05) is 0 Å². The third-order valence-electron chi connectivity index (χ3n) is 1.32. The zero-order valence-corrected chi connectivity index (χ0v) is 8.85. The molecule has 0 aromatic heterocycles. The Bertz CT molecular complexity index is 312.